The van der Waals surface area contributed by atoms with E-state index >= 15 is 0 Å². The van der Waals surface area contributed by atoms with Crippen molar-refractivity contribution in [2.75, 3.05) is 0 Å². The van der Waals surface area contributed by atoms with Crippen molar-refractivity contribution in [2.24, 2.45) is 0 Å². The summed E-state index contributed by atoms with van der Waals surface area (Å²) in [6, 6.07) is 6.04. The molecule has 0 unspecified atom stereocenters. The first-order valence-electron chi connectivity index (χ1n) is 8.10. The fraction of sp³-hybridized carbons (Fsp3) is 0.278. The minimum absolute atomic E-state index is 0.0230. The lowest BCUT2D eigenvalue weighted by Crippen LogP contribution is -2.12. The Morgan fingerprint density at radius 2 is 2.00 bits per heavy atom. The average Bonchev–Trinajstić information content (AvgIpc) is 2.96. The number of carbonyl (C=O) groups excluding carboxylic acids is 1. The molecule has 8 nitrogen and oxygen atoms in total. The Morgan fingerprint density at radius 3 is 2.62 bits per heavy atom. The molecule has 8 heteroatoms. The number of aromatic nitrogens is 3. The number of pyridine rings is 1. The van der Waals surface area contributed by atoms with Gasteiger partial charge in [-0.05, 0) is 45.9 Å². The van der Waals surface area contributed by atoms with Crippen molar-refractivity contribution in [3.8, 4) is 5.75 Å². The molecule has 2 aromatic heterocycles. The minimum atomic E-state index is -0.567. The van der Waals surface area contributed by atoms with Crippen molar-refractivity contribution >= 4 is 22.7 Å². The fourth-order valence-electron chi connectivity index (χ4n) is 2.71. The third-order valence-electron chi connectivity index (χ3n) is 4.04. The van der Waals surface area contributed by atoms with Crippen LogP contribution in [0.3, 0.4) is 0 Å². The van der Waals surface area contributed by atoms with E-state index in [2.05, 4.69) is 10.1 Å². The summed E-state index contributed by atoms with van der Waals surface area (Å²) in [5.41, 5.74) is 1.97. The molecule has 0 aliphatic rings. The van der Waals surface area contributed by atoms with Gasteiger partial charge in [-0.2, -0.15) is 5.10 Å². The van der Waals surface area contributed by atoms with E-state index in [9.17, 15) is 14.9 Å². The molecule has 0 bridgehead atoms. The van der Waals surface area contributed by atoms with Gasteiger partial charge in [-0.25, -0.2) is 14.5 Å². The maximum Gasteiger partial charge on any atom is 0.345 e. The topological polar surface area (TPSA) is 100 Å². The molecule has 0 fully saturated rings. The number of nitrogens with zero attached hydrogens (tertiary/aromatic N) is 4. The molecule has 0 aliphatic heterocycles. The van der Waals surface area contributed by atoms with Gasteiger partial charge in [0.1, 0.15) is 5.75 Å². The molecule has 0 saturated heterocycles. The molecule has 3 rings (SSSR count). The highest BCUT2D eigenvalue weighted by Crippen LogP contribution is 2.25. The van der Waals surface area contributed by atoms with Crippen molar-refractivity contribution in [2.45, 2.75) is 33.7 Å². The summed E-state index contributed by atoms with van der Waals surface area (Å²) < 4.78 is 7.16. The third-order valence-corrected chi connectivity index (χ3v) is 4.04. The zero-order valence-corrected chi connectivity index (χ0v) is 14.9. The Kier molecular flexibility index (Phi) is 4.41. The second kappa shape index (κ2) is 6.55. The molecule has 0 radical (unpaired) electrons. The van der Waals surface area contributed by atoms with Gasteiger partial charge in [0.15, 0.2) is 5.65 Å². The minimum Gasteiger partial charge on any atom is -0.423 e. The van der Waals surface area contributed by atoms with Crippen LogP contribution in [0.25, 0.3) is 11.0 Å². The van der Waals surface area contributed by atoms with E-state index in [4.69, 9.17) is 4.74 Å². The lowest BCUT2D eigenvalue weighted by atomic mass is 10.1. The highest BCUT2D eigenvalue weighted by Gasteiger charge is 2.18. The van der Waals surface area contributed by atoms with Crippen molar-refractivity contribution in [1.82, 2.24) is 14.8 Å². The number of aryl methyl sites for hydroxylation is 2. The summed E-state index contributed by atoms with van der Waals surface area (Å²) in [7, 11) is 0. The maximum absolute atomic E-state index is 12.5. The van der Waals surface area contributed by atoms with E-state index in [0.717, 1.165) is 5.39 Å². The second-order valence-corrected chi connectivity index (χ2v) is 6.31. The number of rotatable bonds is 4. The van der Waals surface area contributed by atoms with Crippen molar-refractivity contribution in [3.63, 3.8) is 0 Å². The molecule has 0 saturated carbocycles. The van der Waals surface area contributed by atoms with Crippen LogP contribution in [0.5, 0.6) is 5.75 Å². The summed E-state index contributed by atoms with van der Waals surface area (Å²) in [5, 5.41) is 15.9. The van der Waals surface area contributed by atoms with Gasteiger partial charge < -0.3 is 4.74 Å². The van der Waals surface area contributed by atoms with E-state index < -0.39 is 10.9 Å². The largest absolute Gasteiger partial charge is 0.423 e. The van der Waals surface area contributed by atoms with Gasteiger partial charge in [-0.15, -0.1) is 0 Å². The molecule has 0 atom stereocenters. The van der Waals surface area contributed by atoms with E-state index in [-0.39, 0.29) is 17.5 Å². The zero-order valence-electron chi connectivity index (χ0n) is 14.9. The van der Waals surface area contributed by atoms with Crippen LogP contribution < -0.4 is 4.74 Å². The van der Waals surface area contributed by atoms with Crippen LogP contribution in [-0.4, -0.2) is 25.7 Å². The molecular weight excluding hydrogens is 336 g/mol. The van der Waals surface area contributed by atoms with Crippen molar-refractivity contribution in [3.05, 3.63) is 57.4 Å². The zero-order chi connectivity index (χ0) is 19.0. The molecular formula is C18H18N4O4. The Bertz CT molecular complexity index is 1020. The standard InChI is InChI=1S/C18H18N4O4/c1-10(2)21-17-13(9-19-21)8-15(12(4)20-17)18(23)26-14-5-6-16(22(24)25)11(3)7-14/h5-10H,1-4H3. The van der Waals surface area contributed by atoms with Gasteiger partial charge in [0.25, 0.3) is 5.69 Å². The first-order valence-corrected chi connectivity index (χ1v) is 8.10. The molecule has 3 aromatic rings. The van der Waals surface area contributed by atoms with Gasteiger partial charge in [0.2, 0.25) is 0 Å². The van der Waals surface area contributed by atoms with E-state index in [1.54, 1.807) is 30.8 Å². The van der Waals surface area contributed by atoms with Gasteiger partial charge in [0.05, 0.1) is 22.4 Å². The number of fused-ring (bicyclic) bond motifs is 1. The van der Waals surface area contributed by atoms with Crippen molar-refractivity contribution in [1.29, 1.82) is 0 Å². The summed E-state index contributed by atoms with van der Waals surface area (Å²) in [5.74, 6) is -0.321. The van der Waals surface area contributed by atoms with Gasteiger partial charge in [0, 0.05) is 23.1 Å². The lowest BCUT2D eigenvalue weighted by Gasteiger charge is -2.09. The molecule has 1 aromatic carbocycles. The van der Waals surface area contributed by atoms with Crippen LogP contribution in [0, 0.1) is 24.0 Å². The molecule has 134 valence electrons. The SMILES string of the molecule is Cc1cc(OC(=O)c2cc3cnn(C(C)C)c3nc2C)ccc1[N+](=O)[O-]. The summed E-state index contributed by atoms with van der Waals surface area (Å²) in [4.78, 5) is 27.4. The first kappa shape index (κ1) is 17.5. The van der Waals surface area contributed by atoms with Crippen LogP contribution in [0.4, 0.5) is 5.69 Å². The summed E-state index contributed by atoms with van der Waals surface area (Å²) in [6.45, 7) is 7.33. The van der Waals surface area contributed by atoms with Crippen LogP contribution in [-0.2, 0) is 0 Å². The monoisotopic (exact) mass is 354 g/mol. The fourth-order valence-corrected chi connectivity index (χ4v) is 2.71. The average molecular weight is 354 g/mol. The maximum atomic E-state index is 12.5. The molecule has 0 amide bonds. The quantitative estimate of drug-likeness (QED) is 0.306. The van der Waals surface area contributed by atoms with Gasteiger partial charge >= 0.3 is 5.97 Å². The Labute approximate surface area is 149 Å². The highest BCUT2D eigenvalue weighted by atomic mass is 16.6. The van der Waals surface area contributed by atoms with Crippen LogP contribution in [0.2, 0.25) is 0 Å². The predicted octanol–water partition coefficient (Wildman–Crippen LogP) is 3.76. The van der Waals surface area contributed by atoms with Crippen LogP contribution in [0.1, 0.15) is 41.5 Å². The Balaban J connectivity index is 1.92. The molecule has 0 aliphatic carbocycles. The van der Waals surface area contributed by atoms with Crippen molar-refractivity contribution < 1.29 is 14.5 Å². The molecule has 0 spiro atoms. The Morgan fingerprint density at radius 1 is 1.27 bits per heavy atom. The third kappa shape index (κ3) is 3.13. The molecule has 0 N–H and O–H groups in total. The number of esters is 1. The number of nitro benzene ring substituents is 1. The number of carbonyl (C=O) groups is 1. The number of benzene rings is 1. The van der Waals surface area contributed by atoms with E-state index in [1.165, 1.54) is 18.2 Å². The van der Waals surface area contributed by atoms with Gasteiger partial charge in [-0.1, -0.05) is 0 Å². The van der Waals surface area contributed by atoms with Crippen LogP contribution >= 0.6 is 0 Å². The number of ether oxygens (including phenoxy) is 1. The lowest BCUT2D eigenvalue weighted by molar-refractivity contribution is -0.385. The summed E-state index contributed by atoms with van der Waals surface area (Å²) >= 11 is 0. The Hall–Kier alpha value is -3.29. The van der Waals surface area contributed by atoms with E-state index in [1.807, 2.05) is 13.8 Å². The normalized spacial score (nSPS) is 11.1. The highest BCUT2D eigenvalue weighted by molar-refractivity contribution is 5.95. The molecule has 26 heavy (non-hydrogen) atoms. The molecule has 2 heterocycles. The first-order chi connectivity index (χ1) is 12.3. The smallest absolute Gasteiger partial charge is 0.345 e. The van der Waals surface area contributed by atoms with Crippen LogP contribution in [0.15, 0.2) is 30.5 Å². The number of hydrogen-bond acceptors (Lipinski definition) is 6. The predicted molar refractivity (Wildman–Crippen MR) is 95.4 cm³/mol. The van der Waals surface area contributed by atoms with E-state index in [0.29, 0.717) is 22.5 Å². The number of nitro groups is 1. The second-order valence-electron chi connectivity index (χ2n) is 6.31. The van der Waals surface area contributed by atoms with Gasteiger partial charge in [-0.3, -0.25) is 10.1 Å². The number of hydrogen-bond donors (Lipinski definition) is 0. The summed E-state index contributed by atoms with van der Waals surface area (Å²) in [6.07, 6.45) is 1.66.